The molecule has 1 N–H and O–H groups in total. The minimum Gasteiger partial charge on any atom is -0.461 e. The maximum absolute atomic E-state index is 11.4. The molecule has 15 heteroatoms. The van der Waals surface area contributed by atoms with Gasteiger partial charge in [-0.25, -0.2) is 0 Å². The summed E-state index contributed by atoms with van der Waals surface area (Å²) in [4.78, 5) is 30.7. The van der Waals surface area contributed by atoms with Crippen LogP contribution in [0.4, 0.5) is 0 Å². The van der Waals surface area contributed by atoms with Gasteiger partial charge in [0.05, 0.1) is 12.1 Å². The van der Waals surface area contributed by atoms with Crippen LogP contribution >= 0.6 is 0 Å². The van der Waals surface area contributed by atoms with Gasteiger partial charge in [0, 0.05) is 25.6 Å². The number of hydrogen-bond donors (Lipinski definition) is 1. The van der Waals surface area contributed by atoms with Gasteiger partial charge in [-0.1, -0.05) is 36.1 Å². The van der Waals surface area contributed by atoms with Crippen LogP contribution in [-0.4, -0.2) is 59.8 Å². The van der Waals surface area contributed by atoms with Crippen LogP contribution in [0.15, 0.2) is 15.3 Å². The lowest BCUT2D eigenvalue weighted by Gasteiger charge is -2.34. The predicted octanol–water partition coefficient (Wildman–Crippen LogP) is 6.30. The van der Waals surface area contributed by atoms with Crippen molar-refractivity contribution >= 4 is 11.9 Å². The first-order chi connectivity index (χ1) is 20.0. The number of rotatable bonds is 6. The fourth-order valence-electron chi connectivity index (χ4n) is 5.77. The highest BCUT2D eigenvalue weighted by Crippen LogP contribution is 2.53. The Morgan fingerprint density at radius 2 is 1.02 bits per heavy atom. The van der Waals surface area contributed by atoms with Crippen molar-refractivity contribution in [2.24, 2.45) is 31.6 Å². The first-order valence-electron chi connectivity index (χ1n) is 14.8. The van der Waals surface area contributed by atoms with Crippen LogP contribution in [-0.2, 0) is 23.8 Å². The van der Waals surface area contributed by atoms with E-state index in [0.29, 0.717) is 12.8 Å². The fraction of sp³-hybridized carbons (Fsp3) is 0.926. The molecule has 6 fully saturated rings. The molecule has 3 heterocycles. The zero-order valence-electron chi connectivity index (χ0n) is 24.5. The molecule has 0 aromatic rings. The van der Waals surface area contributed by atoms with Crippen LogP contribution in [0.5, 0.6) is 0 Å². The second-order valence-electron chi connectivity index (χ2n) is 13.3. The summed E-state index contributed by atoms with van der Waals surface area (Å²) in [5.74, 6) is -0.709. The molecule has 0 amide bonds. The maximum atomic E-state index is 11.4. The monoisotopic (exact) mass is 587 g/mol. The zero-order chi connectivity index (χ0) is 30.5. The number of aliphatic hydroxyl groups is 1. The normalized spacial score (nSPS) is 36.1. The summed E-state index contributed by atoms with van der Waals surface area (Å²) in [6.07, 6.45) is 10.7. The van der Waals surface area contributed by atoms with Crippen molar-refractivity contribution in [3.8, 4) is 0 Å². The molecule has 0 bridgehead atoms. The van der Waals surface area contributed by atoms with E-state index in [2.05, 4.69) is 50.8 Å². The van der Waals surface area contributed by atoms with E-state index >= 15 is 0 Å². The van der Waals surface area contributed by atoms with Crippen molar-refractivity contribution < 1.29 is 28.9 Å². The first-order valence-corrected chi connectivity index (χ1v) is 14.8. The van der Waals surface area contributed by atoms with Crippen LogP contribution in [0.2, 0.25) is 0 Å². The van der Waals surface area contributed by atoms with Gasteiger partial charge in [0.1, 0.15) is 24.3 Å². The number of cyclic esters (lactones) is 2. The molecule has 0 aromatic carbocycles. The number of carbonyl (C=O) groups is 2. The Labute approximate surface area is 244 Å². The lowest BCUT2D eigenvalue weighted by molar-refractivity contribution is -0.188. The molecular weight excluding hydrogens is 546 g/mol. The molecule has 6 aliphatic rings. The summed E-state index contributed by atoms with van der Waals surface area (Å²) in [5, 5.41) is 19.9. The Hall–Kier alpha value is -3.21. The van der Waals surface area contributed by atoms with Gasteiger partial charge in [-0.15, -0.1) is 0 Å². The molecule has 15 nitrogen and oxygen atoms in total. The second kappa shape index (κ2) is 13.0. The highest BCUT2D eigenvalue weighted by Gasteiger charge is 2.50. The van der Waals surface area contributed by atoms with Crippen molar-refractivity contribution in [3.63, 3.8) is 0 Å². The first kappa shape index (κ1) is 31.7. The lowest BCUT2D eigenvalue weighted by atomic mass is 9.93. The third kappa shape index (κ3) is 7.79. The molecule has 3 saturated heterocycles. The molecule has 42 heavy (non-hydrogen) atoms. The van der Waals surface area contributed by atoms with E-state index < -0.39 is 24.4 Å². The van der Waals surface area contributed by atoms with Crippen molar-refractivity contribution in [2.75, 3.05) is 0 Å². The highest BCUT2D eigenvalue weighted by atomic mass is 16.6. The fourth-order valence-corrected chi connectivity index (χ4v) is 5.77. The molecule has 3 aliphatic carbocycles. The summed E-state index contributed by atoms with van der Waals surface area (Å²) in [7, 11) is 0. The molecular formula is C27H41N9O6. The number of esters is 2. The molecule has 6 rings (SSSR count). The molecule has 230 valence electrons. The number of aliphatic hydroxyl groups excluding tert-OH is 1. The van der Waals surface area contributed by atoms with Gasteiger partial charge in [-0.3, -0.25) is 9.59 Å². The average Bonchev–Trinajstić information content (AvgIpc) is 3.90. The summed E-state index contributed by atoms with van der Waals surface area (Å²) in [5.41, 5.74) is 25.4. The van der Waals surface area contributed by atoms with Crippen molar-refractivity contribution in [1.29, 1.82) is 0 Å². The third-order valence-corrected chi connectivity index (χ3v) is 9.85. The average molecular weight is 588 g/mol. The van der Waals surface area contributed by atoms with Gasteiger partial charge in [0.15, 0.2) is 6.29 Å². The summed E-state index contributed by atoms with van der Waals surface area (Å²) < 4.78 is 16.0. The van der Waals surface area contributed by atoms with E-state index in [1.54, 1.807) is 0 Å². The molecule has 3 aliphatic heterocycles. The Morgan fingerprint density at radius 3 is 1.36 bits per heavy atom. The second-order valence-corrected chi connectivity index (χ2v) is 13.3. The van der Waals surface area contributed by atoms with E-state index in [1.807, 2.05) is 0 Å². The van der Waals surface area contributed by atoms with E-state index in [9.17, 15) is 14.7 Å². The lowest BCUT2D eigenvalue weighted by Crippen LogP contribution is -2.40. The Morgan fingerprint density at radius 1 is 0.643 bits per heavy atom. The van der Waals surface area contributed by atoms with Crippen molar-refractivity contribution in [2.45, 2.75) is 141 Å². The van der Waals surface area contributed by atoms with Gasteiger partial charge in [0.25, 0.3) is 0 Å². The number of ether oxygens (including phenoxy) is 3. The summed E-state index contributed by atoms with van der Waals surface area (Å²) >= 11 is 0. The van der Waals surface area contributed by atoms with Gasteiger partial charge in [-0.05, 0) is 99.1 Å². The summed E-state index contributed by atoms with van der Waals surface area (Å²) in [6.45, 7) is 6.45. The number of nitrogens with zero attached hydrogens (tertiary/aromatic N) is 9. The minimum absolute atomic E-state index is 0.0418. The predicted molar refractivity (Wildman–Crippen MR) is 149 cm³/mol. The highest BCUT2D eigenvalue weighted by molar-refractivity contribution is 5.77. The van der Waals surface area contributed by atoms with Crippen molar-refractivity contribution in [1.82, 2.24) is 0 Å². The molecule has 2 unspecified atom stereocenters. The molecule has 7 atom stereocenters. The quantitative estimate of drug-likeness (QED) is 0.162. The van der Waals surface area contributed by atoms with Crippen LogP contribution in [0.3, 0.4) is 0 Å². The molecule has 0 aromatic heterocycles. The van der Waals surface area contributed by atoms with Crippen LogP contribution in [0.1, 0.15) is 97.8 Å². The van der Waals surface area contributed by atoms with Gasteiger partial charge >= 0.3 is 11.9 Å². The largest absolute Gasteiger partial charge is 0.461 e. The van der Waals surface area contributed by atoms with Crippen LogP contribution in [0.25, 0.3) is 31.3 Å². The van der Waals surface area contributed by atoms with Gasteiger partial charge in [0.2, 0.25) is 0 Å². The van der Waals surface area contributed by atoms with E-state index in [4.69, 9.17) is 30.8 Å². The molecule has 0 spiro atoms. The van der Waals surface area contributed by atoms with Gasteiger partial charge in [-0.2, -0.15) is 0 Å². The molecule has 0 radical (unpaired) electrons. The van der Waals surface area contributed by atoms with E-state index in [-0.39, 0.29) is 46.5 Å². The Balaban J connectivity index is 0.000000145. The zero-order valence-corrected chi connectivity index (χ0v) is 24.5. The molecule has 3 saturated carbocycles. The SMILES string of the molecule is CC1([C@@H]2CCC(N=[N+]=[N-])C(=O)O2)CC1.CC1([C@@H]2CC[C@@H](N=[N+]=[N-])C(=O)O2)CC1.CC1([C@@H]2CC[C@H](N=[N+]=[N-])C(O)O2)CC1. The van der Waals surface area contributed by atoms with E-state index in [1.165, 1.54) is 12.8 Å². The number of carbonyl (C=O) groups excluding carboxylic acids is 2. The smallest absolute Gasteiger partial charge is 0.315 e. The number of azide groups is 3. The van der Waals surface area contributed by atoms with Crippen LogP contribution < -0.4 is 0 Å². The summed E-state index contributed by atoms with van der Waals surface area (Å²) in [6, 6.07) is -1.60. The number of hydrogen-bond acceptors (Lipinski definition) is 9. The van der Waals surface area contributed by atoms with E-state index in [0.717, 1.165) is 51.4 Å². The Kier molecular flexibility index (Phi) is 9.80. The third-order valence-electron chi connectivity index (χ3n) is 9.85. The van der Waals surface area contributed by atoms with Gasteiger partial charge < -0.3 is 19.3 Å². The minimum atomic E-state index is -0.915. The standard InChI is InChI=1S/C9H15N3O2.2C9H13N3O2/c3*1-9(4-5-9)7-3-2-6(11-12-10)8(13)14-7/h6-8,13H,2-5H2,1H3;2*6-7H,2-5H2,1H3/t6-,7-,8?;6?,7-;6-,7+/m001/s1. The topological polar surface area (TPSA) is 228 Å². The maximum Gasteiger partial charge on any atom is 0.315 e. The van der Waals surface area contributed by atoms with Crippen LogP contribution in [0, 0.1) is 16.2 Å². The van der Waals surface area contributed by atoms with Crippen molar-refractivity contribution in [3.05, 3.63) is 31.3 Å². The Bertz CT molecular complexity index is 1100.